The van der Waals surface area contributed by atoms with Crippen LogP contribution in [0.3, 0.4) is 0 Å². The molecule has 4 N–H and O–H groups in total. The zero-order valence-electron chi connectivity index (χ0n) is 37.2. The molecule has 12 nitrogen and oxygen atoms in total. The summed E-state index contributed by atoms with van der Waals surface area (Å²) in [5, 5.41) is 0. The highest BCUT2D eigenvalue weighted by atomic mass is 19.3. The molecule has 0 radical (unpaired) electrons. The summed E-state index contributed by atoms with van der Waals surface area (Å²) in [5.41, 5.74) is 15.0. The van der Waals surface area contributed by atoms with Crippen molar-refractivity contribution in [2.75, 3.05) is 25.7 Å². The smallest absolute Gasteiger partial charge is 0.461 e. The zero-order valence-corrected chi connectivity index (χ0v) is 37.2. The first-order chi connectivity index (χ1) is 33.6. The summed E-state index contributed by atoms with van der Waals surface area (Å²) in [4.78, 5) is 53.5. The molecule has 6 aromatic carbocycles. The monoisotopic (exact) mass is 990 g/mol. The molecule has 71 heavy (non-hydrogen) atoms. The fourth-order valence-corrected chi connectivity index (χ4v) is 6.55. The Labute approximate surface area is 398 Å². The van der Waals surface area contributed by atoms with Gasteiger partial charge in [-0.3, -0.25) is 9.59 Å². The summed E-state index contributed by atoms with van der Waals surface area (Å²) in [7, 11) is 2.12. The Morgan fingerprint density at radius 3 is 1.41 bits per heavy atom. The number of benzene rings is 6. The first-order valence-corrected chi connectivity index (χ1v) is 20.5. The molecule has 0 heterocycles. The van der Waals surface area contributed by atoms with Gasteiger partial charge in [0.15, 0.2) is 34.6 Å². The van der Waals surface area contributed by atoms with Crippen LogP contribution in [-0.2, 0) is 0 Å². The van der Waals surface area contributed by atoms with Crippen LogP contribution in [0.2, 0.25) is 0 Å². The van der Waals surface area contributed by atoms with Crippen LogP contribution in [-0.4, -0.2) is 62.8 Å². The molecule has 6 rings (SSSR count). The van der Waals surface area contributed by atoms with E-state index >= 15 is 0 Å². The Hall–Kier alpha value is -8.68. The summed E-state index contributed by atoms with van der Waals surface area (Å²) in [6.07, 6.45) is -12.3. The van der Waals surface area contributed by atoms with E-state index in [0.717, 1.165) is 50.6 Å². The average Bonchev–Trinajstić information content (AvgIpc) is 3.34. The molecule has 0 saturated carbocycles. The molecule has 20 heteroatoms. The predicted octanol–water partition coefficient (Wildman–Crippen LogP) is 11.5. The molecule has 0 saturated heterocycles. The maximum absolute atomic E-state index is 14.0. The highest BCUT2D eigenvalue weighted by molar-refractivity contribution is 6.16. The number of carbonyl (C=O) groups excluding carboxylic acids is 4. The molecule has 0 fully saturated rings. The minimum absolute atomic E-state index is 0.0514. The molecular weight excluding hydrogens is 953 g/mol. The Morgan fingerprint density at radius 2 is 0.972 bits per heavy atom. The Bertz CT molecular complexity index is 3030. The van der Waals surface area contributed by atoms with Gasteiger partial charge in [0, 0.05) is 22.5 Å². The van der Waals surface area contributed by atoms with E-state index in [1.807, 2.05) is 0 Å². The molecule has 0 unspecified atom stereocenters. The molecule has 0 aliphatic carbocycles. The summed E-state index contributed by atoms with van der Waals surface area (Å²) in [5.74, 6) is -5.09. The number of nitrogens with two attached hydrogens (primary N) is 2. The summed E-state index contributed by atoms with van der Waals surface area (Å²) >= 11 is 0. The Balaban J connectivity index is 1.14. The minimum Gasteiger partial charge on any atom is -0.493 e. The number of carbonyl (C=O) groups is 4. The van der Waals surface area contributed by atoms with Crippen LogP contribution >= 0.6 is 0 Å². The van der Waals surface area contributed by atoms with E-state index in [9.17, 15) is 54.3 Å². The van der Waals surface area contributed by atoms with Gasteiger partial charge in [-0.15, -0.1) is 0 Å². The van der Waals surface area contributed by atoms with Gasteiger partial charge in [0.2, 0.25) is 0 Å². The summed E-state index contributed by atoms with van der Waals surface area (Å²) < 4.78 is 133. The molecule has 0 spiro atoms. The van der Waals surface area contributed by atoms with E-state index in [-0.39, 0.29) is 39.4 Å². The van der Waals surface area contributed by atoms with Crippen LogP contribution in [0.5, 0.6) is 34.5 Å². The number of hydrogen-bond acceptors (Lipinski definition) is 12. The largest absolute Gasteiger partial charge is 0.493 e. The quantitative estimate of drug-likeness (QED) is 0.0196. The molecule has 0 aromatic heterocycles. The van der Waals surface area contributed by atoms with E-state index in [0.29, 0.717) is 33.5 Å². The van der Waals surface area contributed by atoms with Crippen molar-refractivity contribution in [2.24, 2.45) is 0 Å². The second kappa shape index (κ2) is 21.7. The number of alkyl halides is 8. The minimum atomic E-state index is -4.81. The van der Waals surface area contributed by atoms with Crippen LogP contribution in [0.1, 0.15) is 58.1 Å². The van der Waals surface area contributed by atoms with Gasteiger partial charge < -0.3 is 39.9 Å². The van der Waals surface area contributed by atoms with Crippen LogP contribution < -0.4 is 39.9 Å². The number of hydrogen-bond donors (Lipinski definition) is 2. The van der Waals surface area contributed by atoms with E-state index < -0.39 is 71.6 Å². The highest BCUT2D eigenvalue weighted by Crippen LogP contribution is 2.38. The van der Waals surface area contributed by atoms with Gasteiger partial charge in [0.25, 0.3) is 0 Å². The van der Waals surface area contributed by atoms with Crippen molar-refractivity contribution < 1.29 is 82.7 Å². The SMILES string of the molecule is COc1cc(C(=O)Oc2ccc(/C=C/C(=O)c3cc(N)ccc3-c3ccc(N)c(C)c3C(=O)/C=C/c3ccc(OC(=O)c4ccc(OC(F)(F)C(F)F)c(OC)c4)cc3)cc2)ccc1OC(F)(F)C(F)F. The lowest BCUT2D eigenvalue weighted by molar-refractivity contribution is -0.253. The average molecular weight is 991 g/mol. The zero-order chi connectivity index (χ0) is 51.8. The van der Waals surface area contributed by atoms with Crippen molar-refractivity contribution in [1.82, 2.24) is 0 Å². The van der Waals surface area contributed by atoms with Crippen LogP contribution in [0.25, 0.3) is 23.3 Å². The third-order valence-electron chi connectivity index (χ3n) is 10.2. The summed E-state index contributed by atoms with van der Waals surface area (Å²) in [6, 6.07) is 25.2. The normalized spacial score (nSPS) is 11.8. The molecular formula is C51H38F8N2O10. The predicted molar refractivity (Wildman–Crippen MR) is 244 cm³/mol. The lowest BCUT2D eigenvalue weighted by Gasteiger charge is -2.18. The molecule has 0 aliphatic heterocycles. The Kier molecular flexibility index (Phi) is 15.8. The second-order valence-electron chi connectivity index (χ2n) is 15.0. The third-order valence-corrected chi connectivity index (χ3v) is 10.2. The standard InChI is InChI=1S/C51H38F8N2O10/c1-27-38(61)19-18-36(45(27)40(63)21-9-29-6-15-34(16-7-29)69-47(65)31-11-23-42(44(25-31)67-3)71-51(58,59)49(54)55)35-17-12-32(60)26-37(35)39(62)20-8-28-4-13-33(14-5-28)68-46(64)30-10-22-41(43(24-30)66-2)70-50(56,57)48(52)53/h4-26,48-49H,60-61H2,1-3H3/b20-8+,21-9+. The number of methoxy groups -OCH3 is 2. The van der Waals surface area contributed by atoms with Crippen LogP contribution in [0, 0.1) is 6.92 Å². The number of halogens is 8. The van der Waals surface area contributed by atoms with Crippen LogP contribution in [0.4, 0.5) is 46.5 Å². The first kappa shape index (κ1) is 51.7. The number of nitrogen functional groups attached to an aromatic ring is 2. The molecule has 0 amide bonds. The van der Waals surface area contributed by atoms with Crippen molar-refractivity contribution in [1.29, 1.82) is 0 Å². The number of esters is 2. The fraction of sp³-hybridized carbons (Fsp3) is 0.137. The second-order valence-corrected chi connectivity index (χ2v) is 15.0. The van der Waals surface area contributed by atoms with Gasteiger partial charge in [-0.25, -0.2) is 9.59 Å². The van der Waals surface area contributed by atoms with E-state index in [4.69, 9.17) is 30.4 Å². The van der Waals surface area contributed by atoms with Crippen molar-refractivity contribution in [3.63, 3.8) is 0 Å². The topological polar surface area (TPSA) is 176 Å². The van der Waals surface area contributed by atoms with E-state index in [1.54, 1.807) is 31.2 Å². The van der Waals surface area contributed by atoms with Crippen molar-refractivity contribution in [2.45, 2.75) is 32.0 Å². The molecule has 6 aromatic rings. The van der Waals surface area contributed by atoms with Gasteiger partial charge in [-0.1, -0.05) is 48.6 Å². The number of ether oxygens (including phenoxy) is 6. The maximum atomic E-state index is 14.0. The van der Waals surface area contributed by atoms with Gasteiger partial charge in [-0.2, -0.15) is 35.1 Å². The maximum Gasteiger partial charge on any atom is 0.461 e. The van der Waals surface area contributed by atoms with Crippen molar-refractivity contribution in [3.05, 3.63) is 166 Å². The lowest BCUT2D eigenvalue weighted by atomic mass is 9.88. The number of ketones is 2. The van der Waals surface area contributed by atoms with E-state index in [2.05, 4.69) is 9.47 Å². The van der Waals surface area contributed by atoms with Crippen molar-refractivity contribution >= 4 is 47.0 Å². The molecule has 368 valence electrons. The lowest BCUT2D eigenvalue weighted by Crippen LogP contribution is -2.33. The number of rotatable bonds is 19. The van der Waals surface area contributed by atoms with Crippen LogP contribution in [0.15, 0.2) is 127 Å². The Morgan fingerprint density at radius 1 is 0.535 bits per heavy atom. The number of allylic oxidation sites excluding steroid dienone is 2. The molecule has 0 bridgehead atoms. The molecule has 0 aliphatic rings. The first-order valence-electron chi connectivity index (χ1n) is 20.5. The van der Waals surface area contributed by atoms with Gasteiger partial charge in [0.05, 0.1) is 25.3 Å². The molecule has 0 atom stereocenters. The van der Waals surface area contributed by atoms with E-state index in [1.165, 1.54) is 78.9 Å². The van der Waals surface area contributed by atoms with Crippen molar-refractivity contribution in [3.8, 4) is 45.6 Å². The van der Waals surface area contributed by atoms with Gasteiger partial charge in [0.1, 0.15) is 11.5 Å². The fourth-order valence-electron chi connectivity index (χ4n) is 6.55. The van der Waals surface area contributed by atoms with Gasteiger partial charge >= 0.3 is 37.0 Å². The summed E-state index contributed by atoms with van der Waals surface area (Å²) in [6.45, 7) is 1.64. The third kappa shape index (κ3) is 12.5. The highest BCUT2D eigenvalue weighted by Gasteiger charge is 2.45. The number of anilines is 2. The van der Waals surface area contributed by atoms with Gasteiger partial charge in [-0.05, 0) is 126 Å².